The van der Waals surface area contributed by atoms with Crippen LogP contribution in [0.25, 0.3) is 5.95 Å². The Bertz CT molecular complexity index is 840. The van der Waals surface area contributed by atoms with Gasteiger partial charge in [0.1, 0.15) is 6.33 Å². The van der Waals surface area contributed by atoms with Crippen molar-refractivity contribution in [3.63, 3.8) is 0 Å². The number of aryl methyl sites for hydroxylation is 1. The van der Waals surface area contributed by atoms with Crippen molar-refractivity contribution in [1.82, 2.24) is 19.7 Å². The fourth-order valence-corrected chi connectivity index (χ4v) is 2.46. The van der Waals surface area contributed by atoms with Crippen molar-refractivity contribution < 1.29 is 13.9 Å². The summed E-state index contributed by atoms with van der Waals surface area (Å²) in [6.07, 6.45) is 1.40. The molecule has 3 rings (SSSR count). The maximum atomic E-state index is 13.5. The molecule has 7 heteroatoms. The topological polar surface area (TPSA) is 72.8 Å². The Morgan fingerprint density at radius 3 is 2.83 bits per heavy atom. The molecule has 0 aliphatic carbocycles. The smallest absolute Gasteiger partial charge is 0.229 e. The van der Waals surface area contributed by atoms with Crippen LogP contribution in [0.4, 0.5) is 4.39 Å². The number of rotatable bonds is 5. The Kier molecular flexibility index (Phi) is 3.92. The summed E-state index contributed by atoms with van der Waals surface area (Å²) < 4.78 is 20.6. The minimum Gasteiger partial charge on any atom is -0.482 e. The van der Waals surface area contributed by atoms with Gasteiger partial charge in [0.15, 0.2) is 18.2 Å². The molecule has 6 nitrogen and oxygen atoms in total. The maximum Gasteiger partial charge on any atom is 0.229 e. The number of ether oxygens (including phenoxy) is 1. The Balaban J connectivity index is 1.81. The Morgan fingerprint density at radius 2 is 2.13 bits per heavy atom. The number of aromatic amines is 1. The van der Waals surface area contributed by atoms with E-state index in [0.29, 0.717) is 11.5 Å². The van der Waals surface area contributed by atoms with Crippen LogP contribution in [0.2, 0.25) is 0 Å². The number of ketones is 1. The van der Waals surface area contributed by atoms with E-state index in [0.717, 1.165) is 11.4 Å². The van der Waals surface area contributed by atoms with Crippen LogP contribution in [0, 0.1) is 19.7 Å². The van der Waals surface area contributed by atoms with Crippen molar-refractivity contribution in [2.75, 3.05) is 6.61 Å². The molecule has 0 atom stereocenters. The average Bonchev–Trinajstić information content (AvgIpc) is 3.14. The van der Waals surface area contributed by atoms with Gasteiger partial charge in [-0.3, -0.25) is 9.36 Å². The molecule has 0 spiro atoms. The number of carbonyl (C=O) groups is 1. The van der Waals surface area contributed by atoms with Crippen LogP contribution in [0.3, 0.4) is 0 Å². The second-order valence-electron chi connectivity index (χ2n) is 5.07. The normalized spacial score (nSPS) is 10.7. The third-order valence-corrected chi connectivity index (χ3v) is 3.54. The minimum absolute atomic E-state index is 0.0601. The lowest BCUT2D eigenvalue weighted by atomic mass is 10.1. The first kappa shape index (κ1) is 15.0. The molecule has 0 aliphatic heterocycles. The van der Waals surface area contributed by atoms with Gasteiger partial charge in [-0.25, -0.2) is 9.49 Å². The largest absolute Gasteiger partial charge is 0.482 e. The van der Waals surface area contributed by atoms with Gasteiger partial charge in [0.25, 0.3) is 0 Å². The van der Waals surface area contributed by atoms with E-state index < -0.39 is 5.82 Å². The Labute approximate surface area is 131 Å². The van der Waals surface area contributed by atoms with E-state index in [1.165, 1.54) is 18.5 Å². The molecule has 2 aromatic heterocycles. The zero-order valence-electron chi connectivity index (χ0n) is 12.7. The van der Waals surface area contributed by atoms with Gasteiger partial charge < -0.3 is 4.74 Å². The number of H-pyrrole nitrogens is 1. The van der Waals surface area contributed by atoms with E-state index in [-0.39, 0.29) is 18.1 Å². The number of hydrogen-bond donors (Lipinski definition) is 1. The highest BCUT2D eigenvalue weighted by atomic mass is 19.1. The van der Waals surface area contributed by atoms with Crippen molar-refractivity contribution in [3.05, 3.63) is 59.4 Å². The number of benzene rings is 1. The van der Waals surface area contributed by atoms with Crippen LogP contribution in [0.5, 0.6) is 5.75 Å². The molecule has 0 fully saturated rings. The summed E-state index contributed by atoms with van der Waals surface area (Å²) in [5, 5.41) is 6.57. The highest BCUT2D eigenvalue weighted by Crippen LogP contribution is 2.20. The highest BCUT2D eigenvalue weighted by molar-refractivity contribution is 5.98. The zero-order valence-corrected chi connectivity index (χ0v) is 12.7. The van der Waals surface area contributed by atoms with Crippen LogP contribution in [-0.2, 0) is 0 Å². The number of para-hydroxylation sites is 1. The fraction of sp³-hybridized carbons (Fsp3) is 0.188. The summed E-state index contributed by atoms with van der Waals surface area (Å²) in [6.45, 7) is 3.44. The first-order valence-corrected chi connectivity index (χ1v) is 7.03. The molecule has 1 aromatic carbocycles. The quantitative estimate of drug-likeness (QED) is 0.735. The molecule has 0 bridgehead atoms. The van der Waals surface area contributed by atoms with E-state index in [1.807, 2.05) is 13.8 Å². The summed E-state index contributed by atoms with van der Waals surface area (Å²) in [6, 6.07) is 7.74. The molecule has 3 aromatic rings. The number of nitrogens with zero attached hydrogens (tertiary/aromatic N) is 3. The standard InChI is InChI=1S/C16H15FN4O2/c1-10-7-12(11(2)21(10)16-18-9-19-20-16)14(22)8-23-15-6-4-3-5-13(15)17/h3-7,9H,8H2,1-2H3,(H,18,19,20). The van der Waals surface area contributed by atoms with Gasteiger partial charge in [-0.2, -0.15) is 10.1 Å². The molecular weight excluding hydrogens is 299 g/mol. The summed E-state index contributed by atoms with van der Waals surface area (Å²) >= 11 is 0. The van der Waals surface area contributed by atoms with E-state index in [1.54, 1.807) is 22.8 Å². The molecular formula is C16H15FN4O2. The first-order chi connectivity index (χ1) is 11.1. The van der Waals surface area contributed by atoms with Crippen LogP contribution < -0.4 is 4.74 Å². The molecule has 0 unspecified atom stereocenters. The van der Waals surface area contributed by atoms with E-state index in [2.05, 4.69) is 15.2 Å². The molecule has 1 N–H and O–H groups in total. The van der Waals surface area contributed by atoms with E-state index >= 15 is 0 Å². The van der Waals surface area contributed by atoms with Crippen molar-refractivity contribution in [2.45, 2.75) is 13.8 Å². The molecule has 2 heterocycles. The molecule has 0 aliphatic rings. The number of carbonyl (C=O) groups excluding carboxylic acids is 1. The molecule has 0 saturated carbocycles. The molecule has 0 amide bonds. The summed E-state index contributed by atoms with van der Waals surface area (Å²) in [5.74, 6) is -0.126. The maximum absolute atomic E-state index is 13.5. The lowest BCUT2D eigenvalue weighted by Gasteiger charge is -2.07. The zero-order chi connectivity index (χ0) is 16.4. The van der Waals surface area contributed by atoms with E-state index in [4.69, 9.17) is 4.74 Å². The summed E-state index contributed by atoms with van der Waals surface area (Å²) in [7, 11) is 0. The third kappa shape index (κ3) is 2.85. The molecule has 0 saturated heterocycles. The van der Waals surface area contributed by atoms with Gasteiger partial charge in [0, 0.05) is 17.0 Å². The molecule has 23 heavy (non-hydrogen) atoms. The Hall–Kier alpha value is -2.96. The second kappa shape index (κ2) is 6.04. The Morgan fingerprint density at radius 1 is 1.35 bits per heavy atom. The molecule has 0 radical (unpaired) electrons. The van der Waals surface area contributed by atoms with Gasteiger partial charge in [-0.1, -0.05) is 12.1 Å². The fourth-order valence-electron chi connectivity index (χ4n) is 2.46. The van der Waals surface area contributed by atoms with E-state index in [9.17, 15) is 9.18 Å². The minimum atomic E-state index is -0.493. The third-order valence-electron chi connectivity index (χ3n) is 3.54. The number of aromatic nitrogens is 4. The average molecular weight is 314 g/mol. The first-order valence-electron chi connectivity index (χ1n) is 7.03. The van der Waals surface area contributed by atoms with Crippen LogP contribution in [0.1, 0.15) is 21.7 Å². The predicted octanol–water partition coefficient (Wildman–Crippen LogP) is 2.61. The monoisotopic (exact) mass is 314 g/mol. The van der Waals surface area contributed by atoms with Crippen molar-refractivity contribution in [2.24, 2.45) is 0 Å². The number of Topliss-reactive ketones (excluding diaryl/α,β-unsaturated/α-hetero) is 1. The lowest BCUT2D eigenvalue weighted by molar-refractivity contribution is 0.0918. The number of halogens is 1. The predicted molar refractivity (Wildman–Crippen MR) is 81.4 cm³/mol. The van der Waals surface area contributed by atoms with Gasteiger partial charge in [-0.15, -0.1) is 0 Å². The number of hydrogen-bond acceptors (Lipinski definition) is 4. The van der Waals surface area contributed by atoms with Crippen molar-refractivity contribution in [3.8, 4) is 11.7 Å². The summed E-state index contributed by atoms with van der Waals surface area (Å²) in [4.78, 5) is 16.5. The van der Waals surface area contributed by atoms with Crippen LogP contribution in [-0.4, -0.2) is 32.1 Å². The molecule has 118 valence electrons. The van der Waals surface area contributed by atoms with Gasteiger partial charge in [-0.05, 0) is 32.0 Å². The highest BCUT2D eigenvalue weighted by Gasteiger charge is 2.18. The van der Waals surface area contributed by atoms with Gasteiger partial charge in [0.05, 0.1) is 0 Å². The second-order valence-corrected chi connectivity index (χ2v) is 5.07. The van der Waals surface area contributed by atoms with Crippen molar-refractivity contribution in [1.29, 1.82) is 0 Å². The van der Waals surface area contributed by atoms with Crippen LogP contribution in [0.15, 0.2) is 36.7 Å². The number of nitrogens with one attached hydrogen (secondary N) is 1. The van der Waals surface area contributed by atoms with Crippen LogP contribution >= 0.6 is 0 Å². The van der Waals surface area contributed by atoms with Gasteiger partial charge >= 0.3 is 0 Å². The summed E-state index contributed by atoms with van der Waals surface area (Å²) in [5.41, 5.74) is 2.07. The van der Waals surface area contributed by atoms with Gasteiger partial charge in [0.2, 0.25) is 11.7 Å². The SMILES string of the molecule is Cc1cc(C(=O)COc2ccccc2F)c(C)n1-c1ncn[nH]1. The lowest BCUT2D eigenvalue weighted by Crippen LogP contribution is -2.13. The van der Waals surface area contributed by atoms with Crippen molar-refractivity contribution >= 4 is 5.78 Å².